The lowest BCUT2D eigenvalue weighted by atomic mass is 10.1. The summed E-state index contributed by atoms with van der Waals surface area (Å²) in [5, 5.41) is 11.3. The number of hydrogen-bond donors (Lipinski definition) is 0. The number of nitro groups is 1. The Morgan fingerprint density at radius 2 is 1.74 bits per heavy atom. The average molecular weight is 381 g/mol. The smallest absolute Gasteiger partial charge is 0.410 e. The number of hydrogen-bond acceptors (Lipinski definition) is 7. The number of anilines is 1. The number of para-hydroxylation sites is 1. The first kappa shape index (κ1) is 22.4. The molecule has 0 bridgehead atoms. The van der Waals surface area contributed by atoms with Crippen LogP contribution in [0.2, 0.25) is 0 Å². The fraction of sp³-hybridized carbons (Fsp3) is 0.556. The second-order valence-corrected chi connectivity index (χ2v) is 6.95. The summed E-state index contributed by atoms with van der Waals surface area (Å²) in [7, 11) is 3.25. The number of nitrogens with zero attached hydrogens (tertiary/aromatic N) is 3. The maximum absolute atomic E-state index is 12.1. The van der Waals surface area contributed by atoms with Gasteiger partial charge in [-0.1, -0.05) is 6.07 Å². The predicted molar refractivity (Wildman–Crippen MR) is 101 cm³/mol. The highest BCUT2D eigenvalue weighted by molar-refractivity contribution is 5.87. The number of methoxy groups -OCH3 is 1. The molecule has 27 heavy (non-hydrogen) atoms. The molecule has 9 nitrogen and oxygen atoms in total. The molecule has 1 aliphatic heterocycles. The second kappa shape index (κ2) is 9.86. The molecular formula is C18H27N3O6. The van der Waals surface area contributed by atoms with Gasteiger partial charge in [0.05, 0.1) is 10.5 Å². The number of carbonyl (C=O) groups is 2. The van der Waals surface area contributed by atoms with Crippen LogP contribution < -0.4 is 4.90 Å². The molecule has 0 unspecified atom stereocenters. The van der Waals surface area contributed by atoms with E-state index in [2.05, 4.69) is 4.74 Å². The van der Waals surface area contributed by atoms with Crippen LogP contribution in [0.5, 0.6) is 0 Å². The van der Waals surface area contributed by atoms with Crippen LogP contribution in [0.15, 0.2) is 18.2 Å². The molecular weight excluding hydrogens is 354 g/mol. The van der Waals surface area contributed by atoms with Gasteiger partial charge in [-0.05, 0) is 32.9 Å². The Hall–Kier alpha value is -2.68. The third-order valence-corrected chi connectivity index (χ3v) is 3.63. The summed E-state index contributed by atoms with van der Waals surface area (Å²) in [6, 6.07) is 4.66. The number of ether oxygens (including phenoxy) is 2. The lowest BCUT2D eigenvalue weighted by Gasteiger charge is -2.36. The third kappa shape index (κ3) is 6.52. The molecule has 1 saturated heterocycles. The van der Waals surface area contributed by atoms with E-state index in [4.69, 9.17) is 4.74 Å². The average Bonchev–Trinajstić information content (AvgIpc) is 2.60. The van der Waals surface area contributed by atoms with Crippen molar-refractivity contribution in [1.29, 1.82) is 0 Å². The van der Waals surface area contributed by atoms with E-state index >= 15 is 0 Å². The number of rotatable bonds is 3. The van der Waals surface area contributed by atoms with Gasteiger partial charge in [-0.2, -0.15) is 0 Å². The SMILES string of the molecule is CC(C)(C)OC(=O)N1CCN(c2cccc(C=O)c2[N+](=O)[O-])CC1.COC. The summed E-state index contributed by atoms with van der Waals surface area (Å²) in [6.07, 6.45) is 0.0942. The van der Waals surface area contributed by atoms with E-state index in [1.165, 1.54) is 6.07 Å². The molecule has 1 aromatic rings. The van der Waals surface area contributed by atoms with E-state index in [0.29, 0.717) is 38.2 Å². The molecule has 0 radical (unpaired) electrons. The minimum absolute atomic E-state index is 0.0482. The zero-order valence-corrected chi connectivity index (χ0v) is 16.4. The molecule has 0 N–H and O–H groups in total. The summed E-state index contributed by atoms with van der Waals surface area (Å²) in [5.74, 6) is 0. The third-order valence-electron chi connectivity index (χ3n) is 3.63. The molecule has 0 spiro atoms. The van der Waals surface area contributed by atoms with Crippen molar-refractivity contribution in [2.75, 3.05) is 45.3 Å². The van der Waals surface area contributed by atoms with Gasteiger partial charge in [0.15, 0.2) is 6.29 Å². The number of nitro benzene ring substituents is 1. The molecule has 1 heterocycles. The lowest BCUT2D eigenvalue weighted by molar-refractivity contribution is -0.384. The molecule has 1 aliphatic rings. The zero-order valence-electron chi connectivity index (χ0n) is 16.4. The van der Waals surface area contributed by atoms with Crippen molar-refractivity contribution >= 4 is 23.8 Å². The van der Waals surface area contributed by atoms with Crippen molar-refractivity contribution in [2.24, 2.45) is 0 Å². The van der Waals surface area contributed by atoms with Gasteiger partial charge in [0, 0.05) is 40.4 Å². The molecule has 0 aromatic heterocycles. The Morgan fingerprint density at radius 3 is 2.19 bits per heavy atom. The summed E-state index contributed by atoms with van der Waals surface area (Å²) in [5.41, 5.74) is -0.315. The number of piperazine rings is 1. The minimum Gasteiger partial charge on any atom is -0.444 e. The van der Waals surface area contributed by atoms with E-state index in [1.54, 1.807) is 52.0 Å². The van der Waals surface area contributed by atoms with Crippen LogP contribution in [0, 0.1) is 10.1 Å². The van der Waals surface area contributed by atoms with Crippen molar-refractivity contribution in [3.05, 3.63) is 33.9 Å². The van der Waals surface area contributed by atoms with Crippen molar-refractivity contribution < 1.29 is 24.0 Å². The first-order chi connectivity index (χ1) is 12.6. The summed E-state index contributed by atoms with van der Waals surface area (Å²) < 4.78 is 9.58. The second-order valence-electron chi connectivity index (χ2n) is 6.95. The van der Waals surface area contributed by atoms with Crippen LogP contribution in [0.25, 0.3) is 0 Å². The molecule has 0 atom stereocenters. The maximum Gasteiger partial charge on any atom is 0.410 e. The first-order valence-electron chi connectivity index (χ1n) is 8.50. The van der Waals surface area contributed by atoms with E-state index < -0.39 is 16.6 Å². The summed E-state index contributed by atoms with van der Waals surface area (Å²) in [4.78, 5) is 37.3. The molecule has 150 valence electrons. The number of amides is 1. The van der Waals surface area contributed by atoms with Gasteiger partial charge < -0.3 is 19.3 Å². The van der Waals surface area contributed by atoms with Crippen LogP contribution in [-0.2, 0) is 9.47 Å². The van der Waals surface area contributed by atoms with Crippen LogP contribution in [-0.4, -0.2) is 68.2 Å². The Morgan fingerprint density at radius 1 is 1.19 bits per heavy atom. The molecule has 1 amide bonds. The minimum atomic E-state index is -0.564. The van der Waals surface area contributed by atoms with E-state index in [0.717, 1.165) is 0 Å². The molecule has 9 heteroatoms. The highest BCUT2D eigenvalue weighted by atomic mass is 16.6. The molecule has 0 aliphatic carbocycles. The normalized spacial score (nSPS) is 14.1. The highest BCUT2D eigenvalue weighted by Crippen LogP contribution is 2.31. The van der Waals surface area contributed by atoms with Gasteiger partial charge in [0.2, 0.25) is 0 Å². The van der Waals surface area contributed by atoms with E-state index in [9.17, 15) is 19.7 Å². The summed E-state index contributed by atoms with van der Waals surface area (Å²) >= 11 is 0. The van der Waals surface area contributed by atoms with E-state index in [1.807, 2.05) is 4.90 Å². The van der Waals surface area contributed by atoms with Gasteiger partial charge in [0.1, 0.15) is 11.3 Å². The number of carbonyl (C=O) groups excluding carboxylic acids is 2. The fourth-order valence-corrected chi connectivity index (χ4v) is 2.55. The maximum atomic E-state index is 12.1. The van der Waals surface area contributed by atoms with Gasteiger partial charge in [0.25, 0.3) is 0 Å². The summed E-state index contributed by atoms with van der Waals surface area (Å²) in [6.45, 7) is 7.07. The van der Waals surface area contributed by atoms with Gasteiger partial charge in [-0.15, -0.1) is 0 Å². The van der Waals surface area contributed by atoms with Crippen LogP contribution in [0.3, 0.4) is 0 Å². The Labute approximate surface area is 159 Å². The van der Waals surface area contributed by atoms with Crippen molar-refractivity contribution in [3.63, 3.8) is 0 Å². The monoisotopic (exact) mass is 381 g/mol. The van der Waals surface area contributed by atoms with Crippen molar-refractivity contribution in [3.8, 4) is 0 Å². The topological polar surface area (TPSA) is 102 Å². The van der Waals surface area contributed by atoms with Gasteiger partial charge in [-0.3, -0.25) is 14.9 Å². The standard InChI is InChI=1S/C16H21N3O5.C2H6O/c1-16(2,3)24-15(21)18-9-7-17(8-10-18)13-6-4-5-12(11-20)14(13)19(22)23;1-3-2/h4-6,11H,7-10H2,1-3H3;1-2H3. The van der Waals surface area contributed by atoms with Gasteiger partial charge >= 0.3 is 11.8 Å². The molecule has 1 fully saturated rings. The largest absolute Gasteiger partial charge is 0.444 e. The van der Waals surface area contributed by atoms with Crippen molar-refractivity contribution in [2.45, 2.75) is 26.4 Å². The van der Waals surface area contributed by atoms with Gasteiger partial charge in [-0.25, -0.2) is 4.79 Å². The van der Waals surface area contributed by atoms with Crippen molar-refractivity contribution in [1.82, 2.24) is 4.90 Å². The van der Waals surface area contributed by atoms with Crippen LogP contribution >= 0.6 is 0 Å². The predicted octanol–water partition coefficient (Wildman–Crippen LogP) is 2.73. The van der Waals surface area contributed by atoms with Crippen LogP contribution in [0.4, 0.5) is 16.2 Å². The Bertz CT molecular complexity index is 664. The fourth-order valence-electron chi connectivity index (χ4n) is 2.55. The zero-order chi connectivity index (χ0) is 20.6. The van der Waals surface area contributed by atoms with Crippen LogP contribution in [0.1, 0.15) is 31.1 Å². The number of aldehydes is 1. The Balaban J connectivity index is 0.00000114. The highest BCUT2D eigenvalue weighted by Gasteiger charge is 2.29. The lowest BCUT2D eigenvalue weighted by Crippen LogP contribution is -2.50. The molecule has 1 aromatic carbocycles. The molecule has 0 saturated carbocycles. The molecule has 2 rings (SSSR count). The first-order valence-corrected chi connectivity index (χ1v) is 8.50. The number of benzene rings is 1. The Kier molecular flexibility index (Phi) is 8.17. The quantitative estimate of drug-likeness (QED) is 0.450. The van der Waals surface area contributed by atoms with E-state index in [-0.39, 0.29) is 11.3 Å².